The summed E-state index contributed by atoms with van der Waals surface area (Å²) in [6.07, 6.45) is 7.93. The van der Waals surface area contributed by atoms with E-state index in [1.54, 1.807) is 6.08 Å². The second-order valence-corrected chi connectivity index (χ2v) is 13.5. The van der Waals surface area contributed by atoms with Gasteiger partial charge in [0.05, 0.1) is 11.0 Å². The summed E-state index contributed by atoms with van der Waals surface area (Å²) in [5.41, 5.74) is 11.6. The summed E-state index contributed by atoms with van der Waals surface area (Å²) >= 11 is 0. The molecule has 9 rings (SSSR count). The van der Waals surface area contributed by atoms with E-state index in [4.69, 9.17) is 0 Å². The molecule has 0 spiro atoms. The van der Waals surface area contributed by atoms with E-state index >= 15 is 0 Å². The number of anilines is 2. The van der Waals surface area contributed by atoms with Crippen LogP contribution in [0.5, 0.6) is 0 Å². The van der Waals surface area contributed by atoms with Gasteiger partial charge in [0, 0.05) is 33.5 Å². The average Bonchev–Trinajstić information content (AvgIpc) is 3.56. The van der Waals surface area contributed by atoms with Crippen molar-refractivity contribution in [1.29, 1.82) is 0 Å². The van der Waals surface area contributed by atoms with Crippen molar-refractivity contribution in [2.45, 2.75) is 6.92 Å². The van der Waals surface area contributed by atoms with Crippen LogP contribution >= 0.6 is 0 Å². The molecule has 0 bridgehead atoms. The number of aromatic nitrogens is 1. The van der Waals surface area contributed by atoms with Crippen LogP contribution < -0.4 is 4.90 Å². The Labute approximate surface area is 310 Å². The monoisotopic (exact) mass is 678 g/mol. The molecule has 9 aromatic rings. The highest BCUT2D eigenvalue weighted by Crippen LogP contribution is 2.38. The van der Waals surface area contributed by atoms with Gasteiger partial charge in [0.15, 0.2) is 0 Å². The van der Waals surface area contributed by atoms with E-state index in [1.807, 2.05) is 12.2 Å². The summed E-state index contributed by atoms with van der Waals surface area (Å²) in [6, 6.07) is 63.8. The zero-order valence-corrected chi connectivity index (χ0v) is 29.7. The highest BCUT2D eigenvalue weighted by Gasteiger charge is 2.16. The van der Waals surface area contributed by atoms with E-state index in [0.717, 1.165) is 22.8 Å². The number of hydrogen-bond donors (Lipinski definition) is 0. The number of nitrogens with zero attached hydrogens (tertiary/aromatic N) is 2. The quantitative estimate of drug-likeness (QED) is 0.145. The van der Waals surface area contributed by atoms with E-state index < -0.39 is 0 Å². The lowest BCUT2D eigenvalue weighted by molar-refractivity contribution is 1.16. The summed E-state index contributed by atoms with van der Waals surface area (Å²) in [7, 11) is 0. The summed E-state index contributed by atoms with van der Waals surface area (Å²) in [5, 5.41) is 7.61. The van der Waals surface area contributed by atoms with Crippen molar-refractivity contribution in [3.8, 4) is 27.9 Å². The first-order valence-corrected chi connectivity index (χ1v) is 18.1. The Kier molecular flexibility index (Phi) is 8.26. The number of allylic oxidation sites excluding steroid dienone is 5. The molecule has 2 nitrogen and oxygen atoms in total. The van der Waals surface area contributed by atoms with E-state index in [-0.39, 0.29) is 0 Å². The highest BCUT2D eigenvalue weighted by molar-refractivity contribution is 6.21. The van der Waals surface area contributed by atoms with E-state index in [9.17, 15) is 0 Å². The van der Waals surface area contributed by atoms with Crippen LogP contribution in [0, 0.1) is 0 Å². The predicted molar refractivity (Wildman–Crippen MR) is 228 cm³/mol. The van der Waals surface area contributed by atoms with Crippen LogP contribution in [0.15, 0.2) is 213 Å². The average molecular weight is 679 g/mol. The number of rotatable bonds is 8. The number of benzene rings is 8. The maximum Gasteiger partial charge on any atom is 0.0547 e. The predicted octanol–water partition coefficient (Wildman–Crippen LogP) is 14.2. The van der Waals surface area contributed by atoms with Crippen LogP contribution in [0.2, 0.25) is 0 Å². The lowest BCUT2D eigenvalue weighted by atomic mass is 10.0. The molecule has 0 fully saturated rings. The molecule has 0 unspecified atom stereocenters. The summed E-state index contributed by atoms with van der Waals surface area (Å²) < 4.78 is 2.41. The zero-order chi connectivity index (χ0) is 35.7. The van der Waals surface area contributed by atoms with E-state index in [2.05, 4.69) is 205 Å². The molecule has 0 N–H and O–H groups in total. The van der Waals surface area contributed by atoms with Gasteiger partial charge >= 0.3 is 0 Å². The highest BCUT2D eigenvalue weighted by atomic mass is 15.1. The van der Waals surface area contributed by atoms with Crippen molar-refractivity contribution in [1.82, 2.24) is 4.57 Å². The number of fused-ring (bicyclic) bond motifs is 6. The van der Waals surface area contributed by atoms with Gasteiger partial charge in [-0.1, -0.05) is 146 Å². The van der Waals surface area contributed by atoms with Gasteiger partial charge < -0.3 is 9.47 Å². The molecule has 1 heterocycles. The van der Waals surface area contributed by atoms with E-state index in [0.29, 0.717) is 0 Å². The Morgan fingerprint density at radius 3 is 1.83 bits per heavy atom. The second-order valence-electron chi connectivity index (χ2n) is 13.5. The molecular formula is C51H38N2. The Bertz CT molecular complexity index is 2850. The molecule has 0 aliphatic heterocycles. The maximum atomic E-state index is 3.85. The minimum Gasteiger partial charge on any atom is -0.315 e. The normalized spacial score (nSPS) is 12.0. The lowest BCUT2D eigenvalue weighted by Crippen LogP contribution is -2.14. The van der Waals surface area contributed by atoms with Gasteiger partial charge in [-0.2, -0.15) is 0 Å². The minimum absolute atomic E-state index is 1.10. The van der Waals surface area contributed by atoms with Gasteiger partial charge in [-0.15, -0.1) is 0 Å². The summed E-state index contributed by atoms with van der Waals surface area (Å²) in [5.74, 6) is 0. The third kappa shape index (κ3) is 5.91. The molecule has 0 aliphatic rings. The zero-order valence-electron chi connectivity index (χ0n) is 29.7. The molecule has 0 radical (unpaired) electrons. The Morgan fingerprint density at radius 2 is 1.09 bits per heavy atom. The van der Waals surface area contributed by atoms with Gasteiger partial charge in [0.2, 0.25) is 0 Å². The fourth-order valence-corrected chi connectivity index (χ4v) is 7.72. The number of hydrogen-bond acceptors (Lipinski definition) is 1. The first-order valence-electron chi connectivity index (χ1n) is 18.1. The van der Waals surface area contributed by atoms with Crippen LogP contribution in [0.25, 0.3) is 71.3 Å². The third-order valence-electron chi connectivity index (χ3n) is 10.3. The van der Waals surface area contributed by atoms with Gasteiger partial charge in [-0.3, -0.25) is 0 Å². The molecule has 2 heteroatoms. The maximum absolute atomic E-state index is 3.85. The van der Waals surface area contributed by atoms with Crippen LogP contribution in [-0.2, 0) is 0 Å². The smallest absolute Gasteiger partial charge is 0.0547 e. The molecule has 252 valence electrons. The van der Waals surface area contributed by atoms with Gasteiger partial charge in [0.1, 0.15) is 0 Å². The molecule has 0 saturated carbocycles. The molecule has 8 aromatic carbocycles. The minimum atomic E-state index is 1.10. The Balaban J connectivity index is 1.08. The molecule has 0 saturated heterocycles. The largest absolute Gasteiger partial charge is 0.315 e. The molecule has 0 atom stereocenters. The first-order chi connectivity index (χ1) is 26.2. The van der Waals surface area contributed by atoms with Crippen molar-refractivity contribution in [3.05, 3.63) is 213 Å². The van der Waals surface area contributed by atoms with Crippen molar-refractivity contribution in [3.63, 3.8) is 0 Å². The molecule has 0 aliphatic carbocycles. The Hall–Kier alpha value is -6.90. The number of para-hydroxylation sites is 1. The molecular weight excluding hydrogens is 641 g/mol. The summed E-state index contributed by atoms with van der Waals surface area (Å²) in [4.78, 5) is 2.31. The van der Waals surface area contributed by atoms with Gasteiger partial charge in [-0.05, 0) is 111 Å². The SMILES string of the molecule is C=C/C=C\C=C(/C)N(c1ccc(-c2cccc(-n3c4ccccc4c4c5ccccc5ccc43)c2)cc1)c1ccc(-c2ccc3ccccc3c2)cc1. The van der Waals surface area contributed by atoms with Crippen LogP contribution in [0.3, 0.4) is 0 Å². The van der Waals surface area contributed by atoms with Crippen molar-refractivity contribution >= 4 is 54.7 Å². The molecule has 0 amide bonds. The lowest BCUT2D eigenvalue weighted by Gasteiger charge is -2.26. The Morgan fingerprint density at radius 1 is 0.491 bits per heavy atom. The second kappa shape index (κ2) is 13.7. The van der Waals surface area contributed by atoms with Crippen molar-refractivity contribution in [2.75, 3.05) is 4.90 Å². The summed E-state index contributed by atoms with van der Waals surface area (Å²) in [6.45, 7) is 6.00. The third-order valence-corrected chi connectivity index (χ3v) is 10.3. The standard InChI is InChI=1S/C51H38N2/c1-3-4-5-13-36(2)52(45-31-26-39(27-32-45)43-23-22-37-14-6-7-16-41(37)34-43)44-29-24-38(25-30-44)42-17-12-18-46(35-42)53-49-21-11-10-20-48(49)51-47-19-9-8-15-40(47)28-33-50(51)53/h3-35H,1H2,2H3/b5-4-,36-13+. The van der Waals surface area contributed by atoms with Crippen molar-refractivity contribution < 1.29 is 0 Å². The van der Waals surface area contributed by atoms with Crippen LogP contribution in [-0.4, -0.2) is 4.57 Å². The van der Waals surface area contributed by atoms with Crippen LogP contribution in [0.1, 0.15) is 6.92 Å². The molecule has 53 heavy (non-hydrogen) atoms. The van der Waals surface area contributed by atoms with Crippen molar-refractivity contribution in [2.24, 2.45) is 0 Å². The molecule has 1 aromatic heterocycles. The van der Waals surface area contributed by atoms with E-state index in [1.165, 1.54) is 65.6 Å². The fraction of sp³-hybridized carbons (Fsp3) is 0.0196. The fourth-order valence-electron chi connectivity index (χ4n) is 7.72. The first kappa shape index (κ1) is 32.0. The van der Waals surface area contributed by atoms with Crippen LogP contribution in [0.4, 0.5) is 11.4 Å². The topological polar surface area (TPSA) is 8.17 Å². The van der Waals surface area contributed by atoms with Gasteiger partial charge in [0.25, 0.3) is 0 Å². The van der Waals surface area contributed by atoms with Gasteiger partial charge in [-0.25, -0.2) is 0 Å².